The topological polar surface area (TPSA) is 18.5 Å². The number of rotatable bonds is 6. The van der Waals surface area contributed by atoms with E-state index in [1.54, 1.807) is 18.9 Å². The first-order valence-electron chi connectivity index (χ1n) is 5.54. The maximum absolute atomic E-state index is 5.70. The fourth-order valence-electron chi connectivity index (χ4n) is 1.21. The van der Waals surface area contributed by atoms with Gasteiger partial charge in [0.25, 0.3) is 0 Å². The van der Waals surface area contributed by atoms with Crippen molar-refractivity contribution < 1.29 is 9.47 Å². The Labute approximate surface area is 102 Å². The van der Waals surface area contributed by atoms with Crippen LogP contribution in [0.2, 0.25) is 0 Å². The fraction of sp³-hybridized carbons (Fsp3) is 0.538. The van der Waals surface area contributed by atoms with Crippen molar-refractivity contribution in [1.82, 2.24) is 0 Å². The quantitative estimate of drug-likeness (QED) is 0.556. The van der Waals surface area contributed by atoms with Gasteiger partial charge in [0.1, 0.15) is 11.2 Å². The Hall–Kier alpha value is -0.670. The van der Waals surface area contributed by atoms with Crippen LogP contribution in [0.3, 0.4) is 0 Å². The first-order chi connectivity index (χ1) is 7.61. The minimum atomic E-state index is 0.191. The van der Waals surface area contributed by atoms with E-state index in [0.717, 1.165) is 12.4 Å². The monoisotopic (exact) mass is 240 g/mol. The molecule has 0 aliphatic carbocycles. The summed E-state index contributed by atoms with van der Waals surface area (Å²) < 4.78 is 10.8. The summed E-state index contributed by atoms with van der Waals surface area (Å²) >= 11 is 1.73. The Kier molecular flexibility index (Phi) is 5.71. The van der Waals surface area contributed by atoms with Crippen molar-refractivity contribution in [3.63, 3.8) is 0 Å². The lowest BCUT2D eigenvalue weighted by atomic mass is 10.2. The van der Waals surface area contributed by atoms with Gasteiger partial charge in [0.2, 0.25) is 0 Å². The highest BCUT2D eigenvalue weighted by Gasteiger charge is 2.05. The molecule has 0 radical (unpaired) electrons. The zero-order valence-corrected chi connectivity index (χ0v) is 11.2. The third-order valence-electron chi connectivity index (χ3n) is 2.03. The van der Waals surface area contributed by atoms with Crippen LogP contribution in [0.25, 0.3) is 0 Å². The van der Waals surface area contributed by atoms with Crippen LogP contribution >= 0.6 is 11.8 Å². The van der Waals surface area contributed by atoms with Crippen molar-refractivity contribution >= 4 is 11.8 Å². The number of hydrogen-bond acceptors (Lipinski definition) is 3. The summed E-state index contributed by atoms with van der Waals surface area (Å²) in [5.41, 5.74) is 0.191. The van der Waals surface area contributed by atoms with Crippen LogP contribution < -0.4 is 4.74 Å². The van der Waals surface area contributed by atoms with Gasteiger partial charge in [0.05, 0.1) is 13.7 Å². The average Bonchev–Trinajstić information content (AvgIpc) is 2.27. The van der Waals surface area contributed by atoms with Gasteiger partial charge in [-0.15, -0.1) is 0 Å². The standard InChI is InChI=1S/C13H20O2S/c1-10(2)9-15-11(3)16-13-7-5-12(14-4)6-8-13/h5-8,10-11H,9H2,1-4H3. The third-order valence-corrected chi connectivity index (χ3v) is 3.04. The Balaban J connectivity index is 2.40. The normalized spacial score (nSPS) is 12.8. The molecule has 1 rings (SSSR count). The molecule has 1 unspecified atom stereocenters. The molecule has 0 aliphatic heterocycles. The van der Waals surface area contributed by atoms with E-state index < -0.39 is 0 Å². The predicted molar refractivity (Wildman–Crippen MR) is 69.1 cm³/mol. The second-order valence-corrected chi connectivity index (χ2v) is 5.46. The van der Waals surface area contributed by atoms with E-state index in [2.05, 4.69) is 32.9 Å². The molecule has 0 aromatic heterocycles. The molecular formula is C13H20O2S. The van der Waals surface area contributed by atoms with Gasteiger partial charge in [-0.2, -0.15) is 0 Å². The molecule has 3 heteroatoms. The average molecular weight is 240 g/mol. The minimum absolute atomic E-state index is 0.191. The van der Waals surface area contributed by atoms with Crippen LogP contribution in [0.5, 0.6) is 5.75 Å². The lowest BCUT2D eigenvalue weighted by Gasteiger charge is -2.14. The molecule has 0 amide bonds. The van der Waals surface area contributed by atoms with Gasteiger partial charge >= 0.3 is 0 Å². The van der Waals surface area contributed by atoms with Gasteiger partial charge < -0.3 is 9.47 Å². The number of thioether (sulfide) groups is 1. The third kappa shape index (κ3) is 4.90. The SMILES string of the molecule is COc1ccc(SC(C)OCC(C)C)cc1. The summed E-state index contributed by atoms with van der Waals surface area (Å²) in [6, 6.07) is 8.05. The largest absolute Gasteiger partial charge is 0.497 e. The first-order valence-corrected chi connectivity index (χ1v) is 6.42. The van der Waals surface area contributed by atoms with Crippen LogP contribution in [0, 0.1) is 5.92 Å². The molecule has 1 aromatic rings. The van der Waals surface area contributed by atoms with Crippen molar-refractivity contribution in [1.29, 1.82) is 0 Å². The molecule has 2 nitrogen and oxygen atoms in total. The molecule has 0 saturated carbocycles. The van der Waals surface area contributed by atoms with Crippen LogP contribution in [0.1, 0.15) is 20.8 Å². The Bertz CT molecular complexity index is 295. The second-order valence-electron chi connectivity index (χ2n) is 4.09. The van der Waals surface area contributed by atoms with Crippen molar-refractivity contribution in [2.45, 2.75) is 31.1 Å². The van der Waals surface area contributed by atoms with E-state index in [0.29, 0.717) is 5.92 Å². The van der Waals surface area contributed by atoms with E-state index in [1.807, 2.05) is 12.1 Å². The highest BCUT2D eigenvalue weighted by atomic mass is 32.2. The molecule has 0 bridgehead atoms. The molecule has 0 heterocycles. The van der Waals surface area contributed by atoms with Crippen LogP contribution in [0.15, 0.2) is 29.2 Å². The number of methoxy groups -OCH3 is 1. The number of hydrogen-bond donors (Lipinski definition) is 0. The molecule has 0 spiro atoms. The van der Waals surface area contributed by atoms with E-state index in [1.165, 1.54) is 4.90 Å². The molecule has 90 valence electrons. The smallest absolute Gasteiger partial charge is 0.118 e. The maximum atomic E-state index is 5.70. The maximum Gasteiger partial charge on any atom is 0.118 e. The molecule has 16 heavy (non-hydrogen) atoms. The van der Waals surface area contributed by atoms with Crippen molar-refractivity contribution in [3.05, 3.63) is 24.3 Å². The van der Waals surface area contributed by atoms with Gasteiger partial charge in [0.15, 0.2) is 0 Å². The van der Waals surface area contributed by atoms with Crippen LogP contribution in [-0.4, -0.2) is 19.2 Å². The lowest BCUT2D eigenvalue weighted by Crippen LogP contribution is -2.08. The molecule has 0 saturated heterocycles. The molecule has 0 aliphatic rings. The minimum Gasteiger partial charge on any atom is -0.497 e. The number of ether oxygens (including phenoxy) is 2. The zero-order valence-electron chi connectivity index (χ0n) is 10.4. The summed E-state index contributed by atoms with van der Waals surface area (Å²) in [7, 11) is 1.68. The highest BCUT2D eigenvalue weighted by Crippen LogP contribution is 2.26. The highest BCUT2D eigenvalue weighted by molar-refractivity contribution is 7.99. The molecule has 1 aromatic carbocycles. The van der Waals surface area contributed by atoms with E-state index in [4.69, 9.17) is 9.47 Å². The molecule has 1 atom stereocenters. The second kappa shape index (κ2) is 6.81. The number of benzene rings is 1. The predicted octanol–water partition coefficient (Wildman–Crippen LogP) is 3.81. The summed E-state index contributed by atoms with van der Waals surface area (Å²) in [5.74, 6) is 1.47. The summed E-state index contributed by atoms with van der Waals surface area (Å²) in [6.45, 7) is 7.21. The first kappa shape index (κ1) is 13.4. The molecule has 0 fully saturated rings. The summed E-state index contributed by atoms with van der Waals surface area (Å²) in [6.07, 6.45) is 0. The lowest BCUT2D eigenvalue weighted by molar-refractivity contribution is 0.100. The van der Waals surface area contributed by atoms with Crippen LogP contribution in [0.4, 0.5) is 0 Å². The van der Waals surface area contributed by atoms with E-state index in [9.17, 15) is 0 Å². The van der Waals surface area contributed by atoms with Crippen LogP contribution in [-0.2, 0) is 4.74 Å². The van der Waals surface area contributed by atoms with Gasteiger partial charge in [-0.3, -0.25) is 0 Å². The Morgan fingerprint density at radius 1 is 1.12 bits per heavy atom. The Morgan fingerprint density at radius 3 is 2.25 bits per heavy atom. The van der Waals surface area contributed by atoms with Gasteiger partial charge in [-0.05, 0) is 37.1 Å². The fourth-order valence-corrected chi connectivity index (χ4v) is 2.03. The molecular weight excluding hydrogens is 220 g/mol. The summed E-state index contributed by atoms with van der Waals surface area (Å²) in [4.78, 5) is 1.21. The van der Waals surface area contributed by atoms with Crippen molar-refractivity contribution in [2.24, 2.45) is 5.92 Å². The van der Waals surface area contributed by atoms with Crippen molar-refractivity contribution in [3.8, 4) is 5.75 Å². The van der Waals surface area contributed by atoms with Gasteiger partial charge in [-0.25, -0.2) is 0 Å². The van der Waals surface area contributed by atoms with Gasteiger partial charge in [-0.1, -0.05) is 25.6 Å². The summed E-state index contributed by atoms with van der Waals surface area (Å²) in [5, 5.41) is 0. The van der Waals surface area contributed by atoms with E-state index >= 15 is 0 Å². The zero-order chi connectivity index (χ0) is 12.0. The Morgan fingerprint density at radius 2 is 1.75 bits per heavy atom. The molecule has 0 N–H and O–H groups in total. The van der Waals surface area contributed by atoms with E-state index in [-0.39, 0.29) is 5.44 Å². The van der Waals surface area contributed by atoms with Crippen molar-refractivity contribution in [2.75, 3.05) is 13.7 Å². The van der Waals surface area contributed by atoms with Gasteiger partial charge in [0, 0.05) is 4.90 Å².